The maximum absolute atomic E-state index is 11.5. The lowest BCUT2D eigenvalue weighted by Gasteiger charge is -2.04. The predicted octanol–water partition coefficient (Wildman–Crippen LogP) is 1.61. The third kappa shape index (κ3) is 5.38. The van der Waals surface area contributed by atoms with Gasteiger partial charge in [0.15, 0.2) is 0 Å². The number of hydrogen-bond donors (Lipinski definition) is 2. The molecule has 2 N–H and O–H groups in total. The van der Waals surface area contributed by atoms with Crippen molar-refractivity contribution in [2.75, 3.05) is 23.4 Å². The van der Waals surface area contributed by atoms with Crippen molar-refractivity contribution in [3.05, 3.63) is 29.8 Å². The molecule has 0 saturated carbocycles. The van der Waals surface area contributed by atoms with Crippen LogP contribution in [-0.4, -0.2) is 29.1 Å². The Morgan fingerprint density at radius 3 is 3.06 bits per heavy atom. The van der Waals surface area contributed by atoms with Gasteiger partial charge >= 0.3 is 0 Å². The van der Waals surface area contributed by atoms with E-state index in [0.717, 1.165) is 5.75 Å². The number of aliphatic hydroxyl groups excluding tert-OH is 1. The van der Waals surface area contributed by atoms with Crippen LogP contribution < -0.4 is 5.32 Å². The fourth-order valence-corrected chi connectivity index (χ4v) is 1.93. The van der Waals surface area contributed by atoms with E-state index in [-0.39, 0.29) is 12.5 Å². The zero-order valence-electron chi connectivity index (χ0n) is 9.35. The molecule has 0 fully saturated rings. The molecule has 1 amide bonds. The van der Waals surface area contributed by atoms with Gasteiger partial charge in [0.1, 0.15) is 0 Å². The van der Waals surface area contributed by atoms with E-state index in [4.69, 9.17) is 10.4 Å². The van der Waals surface area contributed by atoms with Crippen LogP contribution >= 0.6 is 11.8 Å². The summed E-state index contributed by atoms with van der Waals surface area (Å²) in [6, 6.07) is 8.81. The smallest absolute Gasteiger partial charge is 0.234 e. The van der Waals surface area contributed by atoms with Crippen molar-refractivity contribution >= 4 is 23.4 Å². The van der Waals surface area contributed by atoms with Gasteiger partial charge in [-0.05, 0) is 30.4 Å². The molecule has 0 aliphatic carbocycles. The van der Waals surface area contributed by atoms with Crippen LogP contribution in [0.2, 0.25) is 0 Å². The molecule has 1 aromatic rings. The van der Waals surface area contributed by atoms with Gasteiger partial charge in [0.25, 0.3) is 0 Å². The molecule has 0 bridgehead atoms. The second kappa shape index (κ2) is 7.71. The van der Waals surface area contributed by atoms with E-state index in [0.29, 0.717) is 23.4 Å². The van der Waals surface area contributed by atoms with Gasteiger partial charge in [-0.25, -0.2) is 0 Å². The highest BCUT2D eigenvalue weighted by atomic mass is 32.2. The van der Waals surface area contributed by atoms with Crippen molar-refractivity contribution in [3.8, 4) is 6.07 Å². The highest BCUT2D eigenvalue weighted by molar-refractivity contribution is 7.99. The molecule has 90 valence electrons. The van der Waals surface area contributed by atoms with E-state index in [1.165, 1.54) is 11.8 Å². The van der Waals surface area contributed by atoms with E-state index in [1.807, 2.05) is 6.07 Å². The number of amides is 1. The van der Waals surface area contributed by atoms with Crippen molar-refractivity contribution in [2.24, 2.45) is 0 Å². The number of nitrogens with one attached hydrogen (secondary N) is 1. The topological polar surface area (TPSA) is 73.1 Å². The van der Waals surface area contributed by atoms with Crippen molar-refractivity contribution < 1.29 is 9.90 Å². The predicted molar refractivity (Wildman–Crippen MR) is 68.8 cm³/mol. The molecule has 0 aromatic heterocycles. The lowest BCUT2D eigenvalue weighted by atomic mass is 10.2. The van der Waals surface area contributed by atoms with Gasteiger partial charge in [-0.15, -0.1) is 0 Å². The summed E-state index contributed by atoms with van der Waals surface area (Å²) >= 11 is 1.48. The summed E-state index contributed by atoms with van der Waals surface area (Å²) in [5.74, 6) is 1.03. The molecule has 0 aliphatic heterocycles. The maximum atomic E-state index is 11.5. The Morgan fingerprint density at radius 2 is 2.35 bits per heavy atom. The third-order valence-electron chi connectivity index (χ3n) is 1.96. The summed E-state index contributed by atoms with van der Waals surface area (Å²) in [5.41, 5.74) is 1.16. The third-order valence-corrected chi connectivity index (χ3v) is 3.00. The average molecular weight is 250 g/mol. The lowest BCUT2D eigenvalue weighted by Crippen LogP contribution is -2.14. The highest BCUT2D eigenvalue weighted by Gasteiger charge is 2.02. The van der Waals surface area contributed by atoms with Crippen molar-refractivity contribution in [1.29, 1.82) is 5.26 Å². The Bertz CT molecular complexity index is 415. The van der Waals surface area contributed by atoms with Crippen molar-refractivity contribution in [2.45, 2.75) is 6.42 Å². The van der Waals surface area contributed by atoms with E-state index in [9.17, 15) is 4.79 Å². The van der Waals surface area contributed by atoms with Gasteiger partial charge in [0, 0.05) is 12.3 Å². The van der Waals surface area contributed by atoms with Crippen LogP contribution in [0.4, 0.5) is 5.69 Å². The molecular weight excluding hydrogens is 236 g/mol. The van der Waals surface area contributed by atoms with Crippen molar-refractivity contribution in [1.82, 2.24) is 0 Å². The molecule has 0 unspecified atom stereocenters. The number of carbonyl (C=O) groups is 1. The van der Waals surface area contributed by atoms with Gasteiger partial charge in [-0.3, -0.25) is 4.79 Å². The van der Waals surface area contributed by atoms with Gasteiger partial charge in [0.2, 0.25) is 5.91 Å². The number of nitriles is 1. The fourth-order valence-electron chi connectivity index (χ4n) is 1.20. The van der Waals surface area contributed by atoms with Crippen LogP contribution in [0.5, 0.6) is 0 Å². The molecule has 0 atom stereocenters. The zero-order chi connectivity index (χ0) is 12.5. The zero-order valence-corrected chi connectivity index (χ0v) is 10.2. The van der Waals surface area contributed by atoms with Crippen LogP contribution in [0.3, 0.4) is 0 Å². The Morgan fingerprint density at radius 1 is 1.53 bits per heavy atom. The maximum Gasteiger partial charge on any atom is 0.234 e. The molecule has 0 spiro atoms. The first kappa shape index (κ1) is 13.6. The quantitative estimate of drug-likeness (QED) is 0.752. The second-order valence-electron chi connectivity index (χ2n) is 3.37. The van der Waals surface area contributed by atoms with Gasteiger partial charge in [-0.1, -0.05) is 6.07 Å². The Hall–Kier alpha value is -1.51. The Balaban J connectivity index is 2.37. The number of thioether (sulfide) groups is 1. The molecule has 4 nitrogen and oxygen atoms in total. The van der Waals surface area contributed by atoms with Crippen LogP contribution in [0, 0.1) is 11.3 Å². The van der Waals surface area contributed by atoms with Crippen LogP contribution in [0.15, 0.2) is 24.3 Å². The Kier molecular flexibility index (Phi) is 6.15. The summed E-state index contributed by atoms with van der Waals surface area (Å²) < 4.78 is 0. The van der Waals surface area contributed by atoms with Crippen LogP contribution in [0.1, 0.15) is 12.0 Å². The normalized spacial score (nSPS) is 9.65. The first-order valence-electron chi connectivity index (χ1n) is 5.25. The number of aliphatic hydroxyl groups is 1. The van der Waals surface area contributed by atoms with Gasteiger partial charge < -0.3 is 10.4 Å². The summed E-state index contributed by atoms with van der Waals surface area (Å²) in [6.45, 7) is 0.152. The molecule has 0 aliphatic rings. The van der Waals surface area contributed by atoms with Crippen molar-refractivity contribution in [3.63, 3.8) is 0 Å². The van der Waals surface area contributed by atoms with Gasteiger partial charge in [-0.2, -0.15) is 17.0 Å². The number of rotatable bonds is 6. The van der Waals surface area contributed by atoms with E-state index in [2.05, 4.69) is 5.32 Å². The molecule has 0 saturated heterocycles. The number of hydrogen-bond acceptors (Lipinski definition) is 4. The first-order chi connectivity index (χ1) is 8.26. The molecule has 1 rings (SSSR count). The standard InChI is InChI=1S/C12H14N2O2S/c13-8-10-3-1-4-11(7-10)14-12(16)9-17-6-2-5-15/h1,3-4,7,15H,2,5-6,9H2,(H,14,16). The number of benzene rings is 1. The van der Waals surface area contributed by atoms with E-state index >= 15 is 0 Å². The summed E-state index contributed by atoms with van der Waals surface area (Å²) in [6.07, 6.45) is 0.696. The van der Waals surface area contributed by atoms with Gasteiger partial charge in [0.05, 0.1) is 17.4 Å². The van der Waals surface area contributed by atoms with E-state index < -0.39 is 0 Å². The monoisotopic (exact) mass is 250 g/mol. The molecule has 17 heavy (non-hydrogen) atoms. The minimum absolute atomic E-state index is 0.0944. The Labute approximate surface area is 105 Å². The SMILES string of the molecule is N#Cc1cccc(NC(=O)CSCCCO)c1. The molecule has 1 aromatic carbocycles. The summed E-state index contributed by atoms with van der Waals surface area (Å²) in [5, 5.41) is 20.0. The second-order valence-corrected chi connectivity index (χ2v) is 4.48. The first-order valence-corrected chi connectivity index (χ1v) is 6.40. The summed E-state index contributed by atoms with van der Waals surface area (Å²) in [7, 11) is 0. The minimum atomic E-state index is -0.0944. The van der Waals surface area contributed by atoms with Crippen LogP contribution in [-0.2, 0) is 4.79 Å². The minimum Gasteiger partial charge on any atom is -0.396 e. The number of anilines is 1. The molecular formula is C12H14N2O2S. The fraction of sp³-hybridized carbons (Fsp3) is 0.333. The lowest BCUT2D eigenvalue weighted by molar-refractivity contribution is -0.113. The largest absolute Gasteiger partial charge is 0.396 e. The average Bonchev–Trinajstić information content (AvgIpc) is 2.35. The van der Waals surface area contributed by atoms with E-state index in [1.54, 1.807) is 24.3 Å². The summed E-state index contributed by atoms with van der Waals surface area (Å²) in [4.78, 5) is 11.5. The molecule has 5 heteroatoms. The number of carbonyl (C=O) groups excluding carboxylic acids is 1. The van der Waals surface area contributed by atoms with Crippen LogP contribution in [0.25, 0.3) is 0 Å². The molecule has 0 heterocycles. The molecule has 0 radical (unpaired) electrons. The number of nitrogens with zero attached hydrogens (tertiary/aromatic N) is 1. The highest BCUT2D eigenvalue weighted by Crippen LogP contribution is 2.10.